The van der Waals surface area contributed by atoms with Gasteiger partial charge < -0.3 is 15.1 Å². The minimum Gasteiger partial charge on any atom is -0.347 e. The molecule has 1 fully saturated rings. The predicted octanol–water partition coefficient (Wildman–Crippen LogP) is 2.55. The number of carbonyl (C=O) groups is 2. The number of anilines is 1. The molecule has 3 rings (SSSR count). The van der Waals surface area contributed by atoms with Crippen LogP contribution < -0.4 is 10.2 Å². The van der Waals surface area contributed by atoms with Crippen LogP contribution in [0.3, 0.4) is 0 Å². The van der Waals surface area contributed by atoms with Gasteiger partial charge in [0.2, 0.25) is 5.91 Å². The zero-order chi connectivity index (χ0) is 19.9. The van der Waals surface area contributed by atoms with Gasteiger partial charge in [-0.3, -0.25) is 14.6 Å². The average molecular weight is 402 g/mol. The van der Waals surface area contributed by atoms with E-state index in [1.807, 2.05) is 30.9 Å². The number of aromatic nitrogens is 2. The number of hydrogen-bond donors (Lipinski definition) is 1. The summed E-state index contributed by atoms with van der Waals surface area (Å²) in [7, 11) is 0. The van der Waals surface area contributed by atoms with Crippen LogP contribution in [0.5, 0.6) is 0 Å². The first-order valence-electron chi connectivity index (χ1n) is 9.78. The number of carbonyl (C=O) groups excluding carboxylic acids is 2. The highest BCUT2D eigenvalue weighted by molar-refractivity contribution is 7.13. The van der Waals surface area contributed by atoms with Gasteiger partial charge in [-0.2, -0.15) is 0 Å². The van der Waals surface area contributed by atoms with E-state index in [4.69, 9.17) is 0 Å². The fourth-order valence-corrected chi connectivity index (χ4v) is 4.28. The number of rotatable bonds is 7. The Kier molecular flexibility index (Phi) is 6.97. The normalized spacial score (nSPS) is 16.6. The summed E-state index contributed by atoms with van der Waals surface area (Å²) in [5, 5.41) is 5.46. The van der Waals surface area contributed by atoms with Crippen molar-refractivity contribution in [2.45, 2.75) is 33.2 Å². The van der Waals surface area contributed by atoms with Crippen LogP contribution in [0.15, 0.2) is 29.9 Å². The molecule has 3 heterocycles. The number of amides is 2. The Morgan fingerprint density at radius 2 is 2.18 bits per heavy atom. The molecule has 1 aliphatic rings. The highest BCUT2D eigenvalue weighted by Crippen LogP contribution is 2.27. The van der Waals surface area contributed by atoms with Crippen molar-refractivity contribution >= 4 is 28.3 Å². The third kappa shape index (κ3) is 4.86. The highest BCUT2D eigenvalue weighted by atomic mass is 32.1. The number of piperidine rings is 1. The van der Waals surface area contributed by atoms with Crippen LogP contribution >= 0.6 is 11.3 Å². The van der Waals surface area contributed by atoms with Gasteiger partial charge >= 0.3 is 0 Å². The largest absolute Gasteiger partial charge is 0.347 e. The van der Waals surface area contributed by atoms with Crippen LogP contribution in [0, 0.1) is 5.92 Å². The summed E-state index contributed by atoms with van der Waals surface area (Å²) in [6.07, 6.45) is 5.30. The SMILES string of the molecule is CCN(CC)C(=O)C1CCCN(c2nc(C(=O)NCc3cccnc3)cs2)C1. The van der Waals surface area contributed by atoms with E-state index in [1.54, 1.807) is 17.8 Å². The molecule has 0 bridgehead atoms. The van der Waals surface area contributed by atoms with Crippen molar-refractivity contribution in [3.05, 3.63) is 41.2 Å². The summed E-state index contributed by atoms with van der Waals surface area (Å²) in [4.78, 5) is 37.7. The van der Waals surface area contributed by atoms with Gasteiger partial charge in [-0.05, 0) is 38.3 Å². The van der Waals surface area contributed by atoms with Gasteiger partial charge in [0, 0.05) is 50.5 Å². The maximum atomic E-state index is 12.7. The van der Waals surface area contributed by atoms with Gasteiger partial charge in [-0.25, -0.2) is 4.98 Å². The molecular weight excluding hydrogens is 374 g/mol. The minimum atomic E-state index is -0.195. The lowest BCUT2D eigenvalue weighted by Gasteiger charge is -2.34. The molecule has 0 saturated carbocycles. The lowest BCUT2D eigenvalue weighted by molar-refractivity contribution is -0.135. The maximum absolute atomic E-state index is 12.7. The van der Waals surface area contributed by atoms with Crippen molar-refractivity contribution in [2.24, 2.45) is 5.92 Å². The van der Waals surface area contributed by atoms with E-state index in [-0.39, 0.29) is 17.7 Å². The third-order valence-corrected chi connectivity index (χ3v) is 5.92. The molecule has 1 saturated heterocycles. The first-order chi connectivity index (χ1) is 13.6. The van der Waals surface area contributed by atoms with E-state index in [2.05, 4.69) is 20.2 Å². The second kappa shape index (κ2) is 9.64. The van der Waals surface area contributed by atoms with Gasteiger partial charge in [0.05, 0.1) is 5.92 Å². The number of pyridine rings is 1. The summed E-state index contributed by atoms with van der Waals surface area (Å²) in [5.74, 6) is 0.0280. The Bertz CT molecular complexity index is 791. The Morgan fingerprint density at radius 3 is 2.89 bits per heavy atom. The standard InChI is InChI=1S/C20H27N5O2S/c1-3-24(4-2)19(27)16-8-6-10-25(13-16)20-23-17(14-28-20)18(26)22-12-15-7-5-9-21-11-15/h5,7,9,11,14,16H,3-4,6,8,10,12-13H2,1-2H3,(H,22,26). The summed E-state index contributed by atoms with van der Waals surface area (Å²) in [6, 6.07) is 3.76. The molecule has 1 N–H and O–H groups in total. The molecule has 1 aliphatic heterocycles. The molecule has 0 aliphatic carbocycles. The van der Waals surface area contributed by atoms with Crippen LogP contribution in [0.2, 0.25) is 0 Å². The topological polar surface area (TPSA) is 78.4 Å². The molecule has 0 spiro atoms. The lowest BCUT2D eigenvalue weighted by Crippen LogP contribution is -2.44. The molecule has 0 radical (unpaired) electrons. The minimum absolute atomic E-state index is 0.000377. The fourth-order valence-electron chi connectivity index (χ4n) is 3.44. The number of thiazole rings is 1. The Morgan fingerprint density at radius 1 is 1.36 bits per heavy atom. The van der Waals surface area contributed by atoms with Crippen LogP contribution in [-0.2, 0) is 11.3 Å². The van der Waals surface area contributed by atoms with Crippen LogP contribution in [0.25, 0.3) is 0 Å². The molecule has 1 unspecified atom stereocenters. The first-order valence-corrected chi connectivity index (χ1v) is 10.7. The second-order valence-electron chi connectivity index (χ2n) is 6.85. The van der Waals surface area contributed by atoms with Crippen LogP contribution in [-0.4, -0.2) is 52.9 Å². The van der Waals surface area contributed by atoms with Gasteiger partial charge in [0.25, 0.3) is 5.91 Å². The van der Waals surface area contributed by atoms with E-state index in [0.717, 1.165) is 43.2 Å². The summed E-state index contributed by atoms with van der Waals surface area (Å²) in [5.41, 5.74) is 1.36. The molecule has 2 aromatic rings. The Balaban J connectivity index is 1.59. The fraction of sp³-hybridized carbons (Fsp3) is 0.500. The zero-order valence-corrected chi connectivity index (χ0v) is 17.2. The van der Waals surface area contributed by atoms with Crippen molar-refractivity contribution in [3.63, 3.8) is 0 Å². The number of nitrogens with one attached hydrogen (secondary N) is 1. The molecule has 2 amide bonds. The van der Waals surface area contributed by atoms with E-state index >= 15 is 0 Å². The van der Waals surface area contributed by atoms with Crippen LogP contribution in [0.1, 0.15) is 42.7 Å². The first kappa shape index (κ1) is 20.3. The average Bonchev–Trinajstić information content (AvgIpc) is 3.24. The molecule has 1 atom stereocenters. The maximum Gasteiger partial charge on any atom is 0.271 e. The smallest absolute Gasteiger partial charge is 0.271 e. The third-order valence-electron chi connectivity index (χ3n) is 5.02. The van der Waals surface area contributed by atoms with Gasteiger partial charge in [-0.1, -0.05) is 6.07 Å². The van der Waals surface area contributed by atoms with E-state index < -0.39 is 0 Å². The molecule has 0 aromatic carbocycles. The molecule has 7 nitrogen and oxygen atoms in total. The second-order valence-corrected chi connectivity index (χ2v) is 7.69. The summed E-state index contributed by atoms with van der Waals surface area (Å²) < 4.78 is 0. The van der Waals surface area contributed by atoms with E-state index in [9.17, 15) is 9.59 Å². The van der Waals surface area contributed by atoms with Crippen molar-refractivity contribution in [1.82, 2.24) is 20.2 Å². The Labute approximate surface area is 169 Å². The van der Waals surface area contributed by atoms with Crippen LogP contribution in [0.4, 0.5) is 5.13 Å². The van der Waals surface area contributed by atoms with Gasteiger partial charge in [0.1, 0.15) is 5.69 Å². The summed E-state index contributed by atoms with van der Waals surface area (Å²) >= 11 is 1.46. The molecule has 8 heteroatoms. The lowest BCUT2D eigenvalue weighted by atomic mass is 9.97. The highest BCUT2D eigenvalue weighted by Gasteiger charge is 2.29. The molecule has 150 valence electrons. The molecular formula is C20H27N5O2S. The predicted molar refractivity (Wildman–Crippen MR) is 110 cm³/mol. The van der Waals surface area contributed by atoms with Gasteiger partial charge in [-0.15, -0.1) is 11.3 Å². The monoisotopic (exact) mass is 401 g/mol. The number of hydrogen-bond acceptors (Lipinski definition) is 6. The van der Waals surface area contributed by atoms with Crippen molar-refractivity contribution in [3.8, 4) is 0 Å². The molecule has 2 aromatic heterocycles. The quantitative estimate of drug-likeness (QED) is 0.771. The number of nitrogens with zero attached hydrogens (tertiary/aromatic N) is 4. The summed E-state index contributed by atoms with van der Waals surface area (Å²) in [6.45, 7) is 7.46. The Hall–Kier alpha value is -2.48. The van der Waals surface area contributed by atoms with Crippen molar-refractivity contribution in [1.29, 1.82) is 0 Å². The van der Waals surface area contributed by atoms with Crippen molar-refractivity contribution in [2.75, 3.05) is 31.1 Å². The zero-order valence-electron chi connectivity index (χ0n) is 16.4. The van der Waals surface area contributed by atoms with E-state index in [1.165, 1.54) is 11.3 Å². The molecule has 28 heavy (non-hydrogen) atoms. The van der Waals surface area contributed by atoms with Gasteiger partial charge in [0.15, 0.2) is 5.13 Å². The van der Waals surface area contributed by atoms with E-state index in [0.29, 0.717) is 18.8 Å². The van der Waals surface area contributed by atoms with Crippen molar-refractivity contribution < 1.29 is 9.59 Å².